The molecule has 33 heavy (non-hydrogen) atoms. The summed E-state index contributed by atoms with van der Waals surface area (Å²) in [6.45, 7) is 0. The number of hydrogen-bond donors (Lipinski definition) is 2. The number of rotatable bonds is 7. The first-order valence-electron chi connectivity index (χ1n) is 12.2. The number of likely N-dealkylation sites (tertiary alicyclic amines) is 1. The van der Waals surface area contributed by atoms with Crippen molar-refractivity contribution in [2.75, 3.05) is 14.1 Å². The van der Waals surface area contributed by atoms with E-state index in [-0.39, 0.29) is 24.4 Å². The number of carbonyl (C=O) groups is 3. The molecule has 4 bridgehead atoms. The molecule has 0 radical (unpaired) electrons. The van der Waals surface area contributed by atoms with Crippen LogP contribution in [-0.2, 0) is 19.1 Å². The molecule has 6 rings (SSSR count). The third-order valence-electron chi connectivity index (χ3n) is 9.09. The number of piperidine rings is 1. The van der Waals surface area contributed by atoms with Gasteiger partial charge in [0.05, 0.1) is 18.5 Å². The van der Waals surface area contributed by atoms with E-state index in [2.05, 4.69) is 6.07 Å². The Labute approximate surface area is 194 Å². The molecule has 0 spiro atoms. The Morgan fingerprint density at radius 1 is 1.15 bits per heavy atom. The van der Waals surface area contributed by atoms with Crippen LogP contribution in [0.25, 0.3) is 0 Å². The number of carbonyl (C=O) groups excluding carboxylic acids is 3. The van der Waals surface area contributed by atoms with Crippen LogP contribution in [0.4, 0.5) is 0 Å². The zero-order valence-electron chi connectivity index (χ0n) is 19.5. The average Bonchev–Trinajstić information content (AvgIpc) is 3.38. The van der Waals surface area contributed by atoms with Crippen molar-refractivity contribution in [3.8, 4) is 6.07 Å². The quantitative estimate of drug-likeness (QED) is 0.530. The molecule has 6 aliphatic rings. The van der Waals surface area contributed by atoms with Gasteiger partial charge in [0.25, 0.3) is 0 Å². The van der Waals surface area contributed by atoms with Crippen LogP contribution in [-0.4, -0.2) is 71.4 Å². The van der Waals surface area contributed by atoms with Crippen LogP contribution in [0.1, 0.15) is 57.8 Å². The first-order chi connectivity index (χ1) is 15.6. The SMILES string of the molecule is CN(C)[C@@H](CC(N)=O)C(=O)OC12CC3CC(C1)CC([C@H](N)C(=O)N1[C@H](C#N)C[C@@H]4C[C@@H]41)(C3)C2. The molecule has 0 aromatic heterocycles. The molecule has 5 aliphatic carbocycles. The van der Waals surface area contributed by atoms with Crippen LogP contribution in [0, 0.1) is 34.5 Å². The fraction of sp³-hybridized carbons (Fsp3) is 0.833. The first-order valence-corrected chi connectivity index (χ1v) is 12.2. The van der Waals surface area contributed by atoms with E-state index < -0.39 is 35.0 Å². The van der Waals surface area contributed by atoms with Crippen molar-refractivity contribution in [2.24, 2.45) is 34.6 Å². The normalized spacial score (nSPS) is 41.9. The molecule has 0 aromatic rings. The van der Waals surface area contributed by atoms with Crippen molar-refractivity contribution >= 4 is 17.8 Å². The number of fused-ring (bicyclic) bond motifs is 1. The molecule has 9 heteroatoms. The standard InChI is InChI=1S/C24H35N5O4/c1-28(2)18(6-19(26)30)22(32)33-24-9-13-3-14(10-24)8-23(7-13,12-24)20(27)21(31)29-16(11-25)4-15-5-17(15)29/h13-18,20H,3-10,12,27H2,1-2H3,(H2,26,30)/t13?,14?,15-,16+,17+,18+,20-,23?,24?/m1/s1. The molecule has 5 saturated carbocycles. The van der Waals surface area contributed by atoms with Gasteiger partial charge >= 0.3 is 5.97 Å². The molecule has 1 saturated heterocycles. The third kappa shape index (κ3) is 3.71. The predicted molar refractivity (Wildman–Crippen MR) is 118 cm³/mol. The summed E-state index contributed by atoms with van der Waals surface area (Å²) in [5.74, 6) is 0.103. The van der Waals surface area contributed by atoms with E-state index >= 15 is 0 Å². The zero-order chi connectivity index (χ0) is 23.7. The van der Waals surface area contributed by atoms with E-state index in [0.29, 0.717) is 24.2 Å². The number of amides is 2. The highest BCUT2D eigenvalue weighted by atomic mass is 16.6. The van der Waals surface area contributed by atoms with Crippen molar-refractivity contribution in [3.05, 3.63) is 0 Å². The lowest BCUT2D eigenvalue weighted by Gasteiger charge is -2.62. The van der Waals surface area contributed by atoms with Crippen molar-refractivity contribution in [1.29, 1.82) is 5.26 Å². The number of nitrogens with zero attached hydrogens (tertiary/aromatic N) is 3. The summed E-state index contributed by atoms with van der Waals surface area (Å²) in [4.78, 5) is 41.7. The molecular weight excluding hydrogens is 422 g/mol. The Bertz CT molecular complexity index is 899. The second-order valence-electron chi connectivity index (χ2n) is 11.7. The van der Waals surface area contributed by atoms with E-state index in [4.69, 9.17) is 16.2 Å². The maximum Gasteiger partial charge on any atom is 0.324 e. The molecule has 180 valence electrons. The molecule has 6 fully saturated rings. The lowest BCUT2D eigenvalue weighted by molar-refractivity contribution is -0.209. The van der Waals surface area contributed by atoms with Crippen molar-refractivity contribution < 1.29 is 19.1 Å². The highest BCUT2D eigenvalue weighted by Gasteiger charge is 2.64. The zero-order valence-corrected chi connectivity index (χ0v) is 19.5. The minimum atomic E-state index is -0.727. The lowest BCUT2D eigenvalue weighted by atomic mass is 9.46. The Morgan fingerprint density at radius 3 is 2.39 bits per heavy atom. The minimum Gasteiger partial charge on any atom is -0.458 e. The molecular formula is C24H35N5O4. The Balaban J connectivity index is 1.37. The van der Waals surface area contributed by atoms with Gasteiger partial charge in [0, 0.05) is 6.04 Å². The molecule has 7 atom stereocenters. The topological polar surface area (TPSA) is 143 Å². The second kappa shape index (κ2) is 7.67. The fourth-order valence-corrected chi connectivity index (χ4v) is 7.99. The highest BCUT2D eigenvalue weighted by molar-refractivity contribution is 5.85. The van der Waals surface area contributed by atoms with Crippen LogP contribution in [0.15, 0.2) is 0 Å². The van der Waals surface area contributed by atoms with E-state index in [1.807, 2.05) is 0 Å². The van der Waals surface area contributed by atoms with Crippen molar-refractivity contribution in [2.45, 2.75) is 87.6 Å². The molecule has 2 unspecified atom stereocenters. The first kappa shape index (κ1) is 22.6. The Morgan fingerprint density at radius 2 is 1.82 bits per heavy atom. The van der Waals surface area contributed by atoms with Crippen LogP contribution in [0.3, 0.4) is 0 Å². The van der Waals surface area contributed by atoms with E-state index in [9.17, 15) is 19.6 Å². The fourth-order valence-electron chi connectivity index (χ4n) is 7.99. The molecule has 1 aliphatic heterocycles. The van der Waals surface area contributed by atoms with Crippen molar-refractivity contribution in [3.63, 3.8) is 0 Å². The molecule has 9 nitrogen and oxygen atoms in total. The van der Waals surface area contributed by atoms with Gasteiger partial charge in [-0.3, -0.25) is 19.3 Å². The van der Waals surface area contributed by atoms with E-state index in [0.717, 1.165) is 44.9 Å². The summed E-state index contributed by atoms with van der Waals surface area (Å²) in [6.07, 6.45) is 6.59. The maximum atomic E-state index is 13.6. The van der Waals surface area contributed by atoms with Crippen LogP contribution < -0.4 is 11.5 Å². The molecule has 2 amide bonds. The van der Waals surface area contributed by atoms with Gasteiger partial charge in [-0.2, -0.15) is 5.26 Å². The number of esters is 1. The van der Waals surface area contributed by atoms with Gasteiger partial charge in [-0.25, -0.2) is 0 Å². The summed E-state index contributed by atoms with van der Waals surface area (Å²) < 4.78 is 6.21. The van der Waals surface area contributed by atoms with E-state index in [1.165, 1.54) is 0 Å². The number of nitriles is 1. The van der Waals surface area contributed by atoms with Gasteiger partial charge in [0.2, 0.25) is 11.8 Å². The van der Waals surface area contributed by atoms with E-state index in [1.54, 1.807) is 23.9 Å². The highest BCUT2D eigenvalue weighted by Crippen LogP contribution is 2.64. The summed E-state index contributed by atoms with van der Waals surface area (Å²) >= 11 is 0. The third-order valence-corrected chi connectivity index (χ3v) is 9.09. The predicted octanol–water partition coefficient (Wildman–Crippen LogP) is 0.514. The Hall–Kier alpha value is -2.18. The van der Waals surface area contributed by atoms with Gasteiger partial charge in [0.15, 0.2) is 0 Å². The summed E-state index contributed by atoms with van der Waals surface area (Å²) in [5.41, 5.74) is 11.1. The largest absolute Gasteiger partial charge is 0.458 e. The summed E-state index contributed by atoms with van der Waals surface area (Å²) in [5, 5.41) is 9.56. The minimum absolute atomic E-state index is 0.0923. The lowest BCUT2D eigenvalue weighted by Crippen LogP contribution is -2.66. The van der Waals surface area contributed by atoms with Crippen molar-refractivity contribution in [1.82, 2.24) is 9.80 Å². The maximum absolute atomic E-state index is 13.6. The average molecular weight is 458 g/mol. The number of likely N-dealkylation sites (N-methyl/N-ethyl adjacent to an activating group) is 1. The Kier molecular flexibility index (Phi) is 5.25. The van der Waals surface area contributed by atoms with Gasteiger partial charge in [-0.15, -0.1) is 0 Å². The van der Waals surface area contributed by atoms with Crippen LogP contribution in [0.5, 0.6) is 0 Å². The van der Waals surface area contributed by atoms with Crippen LogP contribution >= 0.6 is 0 Å². The van der Waals surface area contributed by atoms with Gasteiger partial charge in [0.1, 0.15) is 17.7 Å². The number of nitrogens with two attached hydrogens (primary N) is 2. The summed E-state index contributed by atoms with van der Waals surface area (Å²) in [7, 11) is 3.47. The van der Waals surface area contributed by atoms with Crippen LogP contribution in [0.2, 0.25) is 0 Å². The van der Waals surface area contributed by atoms with Gasteiger partial charge in [-0.05, 0) is 88.6 Å². The number of primary amides is 1. The smallest absolute Gasteiger partial charge is 0.324 e. The van der Waals surface area contributed by atoms with Gasteiger partial charge in [-0.1, -0.05) is 0 Å². The second-order valence-corrected chi connectivity index (χ2v) is 11.7. The molecule has 0 aromatic carbocycles. The summed E-state index contributed by atoms with van der Waals surface area (Å²) in [6, 6.07) is 0.676. The monoisotopic (exact) mass is 457 g/mol. The number of hydrogen-bond acceptors (Lipinski definition) is 7. The molecule has 1 heterocycles. The van der Waals surface area contributed by atoms with Gasteiger partial charge < -0.3 is 21.1 Å². The number of ether oxygens (including phenoxy) is 1. The molecule has 4 N–H and O–H groups in total.